The third-order valence-corrected chi connectivity index (χ3v) is 4.43. The molecule has 1 unspecified atom stereocenters. The van der Waals surface area contributed by atoms with Crippen LogP contribution in [0.2, 0.25) is 5.28 Å². The smallest absolute Gasteiger partial charge is 0.235 e. The average Bonchev–Trinajstić information content (AvgIpc) is 2.68. The second-order valence-electron chi connectivity index (χ2n) is 2.95. The van der Waals surface area contributed by atoms with Crippen molar-refractivity contribution < 1.29 is 8.60 Å². The zero-order valence-electron chi connectivity index (χ0n) is 7.89. The third kappa shape index (κ3) is 2.84. The van der Waals surface area contributed by atoms with Gasteiger partial charge in [0.25, 0.3) is 0 Å². The fourth-order valence-electron chi connectivity index (χ4n) is 1.08. The third-order valence-electron chi connectivity index (χ3n) is 1.79. The van der Waals surface area contributed by atoms with Gasteiger partial charge in [0.15, 0.2) is 0 Å². The van der Waals surface area contributed by atoms with Gasteiger partial charge in [0, 0.05) is 0 Å². The molecule has 0 aliphatic heterocycles. The van der Waals surface area contributed by atoms with Gasteiger partial charge in [0.1, 0.15) is 5.82 Å². The van der Waals surface area contributed by atoms with Crippen LogP contribution in [0.4, 0.5) is 4.39 Å². The summed E-state index contributed by atoms with van der Waals surface area (Å²) >= 11 is 6.55. The van der Waals surface area contributed by atoms with Gasteiger partial charge in [-0.1, -0.05) is 12.1 Å². The molecule has 16 heavy (non-hydrogen) atoms. The zero-order chi connectivity index (χ0) is 11.5. The molecule has 1 aromatic heterocycles. The lowest BCUT2D eigenvalue weighted by Crippen LogP contribution is -1.95. The summed E-state index contributed by atoms with van der Waals surface area (Å²) in [6.45, 7) is 0. The lowest BCUT2D eigenvalue weighted by atomic mass is 10.2. The van der Waals surface area contributed by atoms with Crippen LogP contribution in [0.1, 0.15) is 5.56 Å². The van der Waals surface area contributed by atoms with Crippen LogP contribution in [0.15, 0.2) is 28.6 Å². The van der Waals surface area contributed by atoms with Crippen molar-refractivity contribution in [3.63, 3.8) is 0 Å². The topological polar surface area (TPSA) is 42.9 Å². The van der Waals surface area contributed by atoms with Gasteiger partial charge in [-0.25, -0.2) is 4.39 Å². The van der Waals surface area contributed by atoms with Gasteiger partial charge in [-0.3, -0.25) is 4.21 Å². The Bertz CT molecular complexity index is 514. The molecule has 7 heteroatoms. The molecule has 0 saturated heterocycles. The minimum Gasteiger partial charge on any atom is -0.251 e. The molecule has 2 rings (SSSR count). The van der Waals surface area contributed by atoms with Gasteiger partial charge in [-0.15, -0.1) is 0 Å². The van der Waals surface area contributed by atoms with E-state index in [-0.39, 0.29) is 16.9 Å². The van der Waals surface area contributed by atoms with Crippen molar-refractivity contribution in [2.45, 2.75) is 10.1 Å². The Morgan fingerprint density at radius 2 is 2.06 bits per heavy atom. The van der Waals surface area contributed by atoms with Crippen LogP contribution >= 0.6 is 23.1 Å². The van der Waals surface area contributed by atoms with Crippen LogP contribution in [0.25, 0.3) is 0 Å². The largest absolute Gasteiger partial charge is 0.251 e. The Balaban J connectivity index is 2.10. The molecule has 1 heterocycles. The normalized spacial score (nSPS) is 12.6. The summed E-state index contributed by atoms with van der Waals surface area (Å²) in [6, 6.07) is 5.85. The zero-order valence-corrected chi connectivity index (χ0v) is 10.3. The molecule has 0 N–H and O–H groups in total. The first-order valence-corrected chi connectivity index (χ1v) is 6.74. The van der Waals surface area contributed by atoms with E-state index in [1.807, 2.05) is 0 Å². The van der Waals surface area contributed by atoms with E-state index < -0.39 is 10.8 Å². The molecule has 84 valence electrons. The summed E-state index contributed by atoms with van der Waals surface area (Å²) < 4.78 is 28.5. The molecule has 0 amide bonds. The van der Waals surface area contributed by atoms with Crippen molar-refractivity contribution >= 4 is 33.9 Å². The average molecular weight is 277 g/mol. The highest BCUT2D eigenvalue weighted by molar-refractivity contribution is 7.86. The predicted octanol–water partition coefficient (Wildman–Crippen LogP) is 2.64. The molecule has 0 spiro atoms. The Hall–Kier alpha value is -0.850. The molecule has 0 saturated carbocycles. The highest BCUT2D eigenvalue weighted by atomic mass is 35.5. The lowest BCUT2D eigenvalue weighted by Gasteiger charge is -1.98. The molecule has 0 radical (unpaired) electrons. The Kier molecular flexibility index (Phi) is 3.63. The fourth-order valence-corrected chi connectivity index (χ4v) is 3.12. The minimum atomic E-state index is -1.28. The van der Waals surface area contributed by atoms with E-state index >= 15 is 0 Å². The van der Waals surface area contributed by atoms with E-state index in [4.69, 9.17) is 11.6 Å². The number of nitrogens with zero attached hydrogens (tertiary/aromatic N) is 2. The summed E-state index contributed by atoms with van der Waals surface area (Å²) in [4.78, 5) is 3.82. The van der Waals surface area contributed by atoms with Crippen LogP contribution < -0.4 is 0 Å². The van der Waals surface area contributed by atoms with E-state index in [1.165, 1.54) is 12.1 Å². The van der Waals surface area contributed by atoms with Crippen molar-refractivity contribution in [2.75, 3.05) is 0 Å². The van der Waals surface area contributed by atoms with Crippen LogP contribution in [0.3, 0.4) is 0 Å². The molecular formula is C9H6ClFN2OS2. The molecule has 1 atom stereocenters. The quantitative estimate of drug-likeness (QED) is 0.865. The Labute approximate surface area is 103 Å². The summed E-state index contributed by atoms with van der Waals surface area (Å²) in [7, 11) is -1.28. The molecule has 0 fully saturated rings. The first-order chi connectivity index (χ1) is 7.65. The van der Waals surface area contributed by atoms with Gasteiger partial charge in [0.2, 0.25) is 9.62 Å². The SMILES string of the molecule is O=S(Cc1ccc(F)cc1)c1nc(Cl)ns1. The van der Waals surface area contributed by atoms with E-state index in [9.17, 15) is 8.60 Å². The number of halogens is 2. The van der Waals surface area contributed by atoms with Crippen molar-refractivity contribution in [3.05, 3.63) is 40.9 Å². The second kappa shape index (κ2) is 4.99. The number of hydrogen-bond acceptors (Lipinski definition) is 4. The number of rotatable bonds is 3. The van der Waals surface area contributed by atoms with Crippen molar-refractivity contribution in [2.24, 2.45) is 0 Å². The van der Waals surface area contributed by atoms with Crippen LogP contribution in [-0.2, 0) is 16.6 Å². The minimum absolute atomic E-state index is 0.104. The molecule has 0 bridgehead atoms. The number of aromatic nitrogens is 2. The van der Waals surface area contributed by atoms with Crippen molar-refractivity contribution in [1.29, 1.82) is 0 Å². The van der Waals surface area contributed by atoms with Crippen LogP contribution in [-0.4, -0.2) is 13.6 Å². The van der Waals surface area contributed by atoms with Crippen LogP contribution in [0, 0.1) is 5.82 Å². The van der Waals surface area contributed by atoms with E-state index in [0.29, 0.717) is 4.34 Å². The first kappa shape index (κ1) is 11.6. The summed E-state index contributed by atoms with van der Waals surface area (Å²) in [5.74, 6) is -0.0280. The van der Waals surface area contributed by atoms with E-state index in [0.717, 1.165) is 17.1 Å². The van der Waals surface area contributed by atoms with Gasteiger partial charge >= 0.3 is 0 Å². The van der Waals surface area contributed by atoms with E-state index in [2.05, 4.69) is 9.36 Å². The van der Waals surface area contributed by atoms with Gasteiger partial charge in [-0.2, -0.15) is 9.36 Å². The highest BCUT2D eigenvalue weighted by Crippen LogP contribution is 2.16. The van der Waals surface area contributed by atoms with Gasteiger partial charge < -0.3 is 0 Å². The second-order valence-corrected chi connectivity index (χ2v) is 5.66. The number of benzene rings is 1. The molecule has 3 nitrogen and oxygen atoms in total. The number of hydrogen-bond donors (Lipinski definition) is 0. The lowest BCUT2D eigenvalue weighted by molar-refractivity contribution is 0.627. The van der Waals surface area contributed by atoms with Crippen molar-refractivity contribution in [3.8, 4) is 0 Å². The maximum absolute atomic E-state index is 12.6. The standard InChI is InChI=1S/C9H6ClFN2OS2/c10-8-12-9(15-13-8)16(14)5-6-1-3-7(11)4-2-6/h1-4H,5H2. The maximum Gasteiger partial charge on any atom is 0.235 e. The monoisotopic (exact) mass is 276 g/mol. The molecule has 2 aromatic rings. The van der Waals surface area contributed by atoms with Gasteiger partial charge in [-0.05, 0) is 40.8 Å². The Morgan fingerprint density at radius 3 is 2.62 bits per heavy atom. The fraction of sp³-hybridized carbons (Fsp3) is 0.111. The van der Waals surface area contributed by atoms with Crippen LogP contribution in [0.5, 0.6) is 0 Å². The molecule has 0 aliphatic carbocycles. The Morgan fingerprint density at radius 1 is 1.38 bits per heavy atom. The van der Waals surface area contributed by atoms with Crippen molar-refractivity contribution in [1.82, 2.24) is 9.36 Å². The molecular weight excluding hydrogens is 271 g/mol. The molecule has 1 aromatic carbocycles. The molecule has 0 aliphatic rings. The summed E-state index contributed by atoms with van der Waals surface area (Å²) in [5, 5.41) is 0.104. The predicted molar refractivity (Wildman–Crippen MR) is 61.4 cm³/mol. The summed E-state index contributed by atoms with van der Waals surface area (Å²) in [6.07, 6.45) is 0. The summed E-state index contributed by atoms with van der Waals surface area (Å²) in [5.41, 5.74) is 0.783. The van der Waals surface area contributed by atoms with E-state index in [1.54, 1.807) is 12.1 Å². The highest BCUT2D eigenvalue weighted by Gasteiger charge is 2.10. The van der Waals surface area contributed by atoms with Gasteiger partial charge in [0.05, 0.1) is 16.6 Å². The maximum atomic E-state index is 12.6. The first-order valence-electron chi connectivity index (χ1n) is 4.27.